The molecule has 1 radical (unpaired) electrons. The van der Waals surface area contributed by atoms with Crippen LogP contribution in [0.4, 0.5) is 0 Å². The Bertz CT molecular complexity index is 544. The van der Waals surface area contributed by atoms with E-state index in [0.717, 1.165) is 5.06 Å². The van der Waals surface area contributed by atoms with E-state index in [-0.39, 0.29) is 5.56 Å². The third-order valence-electron chi connectivity index (χ3n) is 3.97. The van der Waals surface area contributed by atoms with Gasteiger partial charge >= 0.3 is 5.97 Å². The Labute approximate surface area is 112 Å². The summed E-state index contributed by atoms with van der Waals surface area (Å²) in [6.07, 6.45) is 0. The van der Waals surface area contributed by atoms with Gasteiger partial charge in [-0.3, -0.25) is 4.99 Å². The highest BCUT2D eigenvalue weighted by atomic mass is 16.5. The molecular formula is C14H17N2O3. The molecule has 101 valence electrons. The van der Waals surface area contributed by atoms with Crippen LogP contribution in [0, 0.1) is 0 Å². The van der Waals surface area contributed by atoms with Crippen molar-refractivity contribution in [3.63, 3.8) is 0 Å². The van der Waals surface area contributed by atoms with E-state index >= 15 is 0 Å². The zero-order valence-electron chi connectivity index (χ0n) is 11.5. The maximum atomic E-state index is 12.3. The zero-order chi connectivity index (χ0) is 14.4. The van der Waals surface area contributed by atoms with Crippen molar-refractivity contribution in [2.45, 2.75) is 38.8 Å². The lowest BCUT2D eigenvalue weighted by atomic mass is 9.84. The van der Waals surface area contributed by atoms with Gasteiger partial charge in [-0.2, -0.15) is 5.06 Å². The van der Waals surface area contributed by atoms with E-state index in [1.807, 2.05) is 27.7 Å². The number of nitrogens with zero attached hydrogens (tertiary/aromatic N) is 2. The van der Waals surface area contributed by atoms with Crippen molar-refractivity contribution >= 4 is 11.8 Å². The lowest BCUT2D eigenvalue weighted by Gasteiger charge is -2.35. The molecule has 1 aliphatic heterocycles. The van der Waals surface area contributed by atoms with Crippen molar-refractivity contribution in [2.24, 2.45) is 4.99 Å². The molecule has 0 saturated heterocycles. The quantitative estimate of drug-likeness (QED) is 0.888. The Morgan fingerprint density at radius 2 is 1.68 bits per heavy atom. The van der Waals surface area contributed by atoms with Gasteiger partial charge in [0.05, 0.1) is 16.6 Å². The number of rotatable bonds is 2. The van der Waals surface area contributed by atoms with E-state index in [1.54, 1.807) is 12.1 Å². The Morgan fingerprint density at radius 1 is 1.16 bits per heavy atom. The monoisotopic (exact) mass is 261 g/mol. The fraction of sp³-hybridized carbons (Fsp3) is 0.429. The minimum Gasteiger partial charge on any atom is -0.478 e. The molecule has 1 aromatic rings. The molecule has 2 rings (SSSR count). The molecule has 0 unspecified atom stereocenters. The van der Waals surface area contributed by atoms with Crippen LogP contribution in [0.5, 0.6) is 0 Å². The number of aliphatic imine (C=N–C) groups is 1. The SMILES string of the molecule is CC1(C)N=C(c2ccc(C(=O)O)cc2)N([O])C1(C)C. The maximum absolute atomic E-state index is 12.3. The van der Waals surface area contributed by atoms with Crippen LogP contribution in [0.2, 0.25) is 0 Å². The van der Waals surface area contributed by atoms with Crippen molar-refractivity contribution in [3.05, 3.63) is 35.4 Å². The maximum Gasteiger partial charge on any atom is 0.335 e. The average molecular weight is 261 g/mol. The van der Waals surface area contributed by atoms with Crippen LogP contribution in [0.1, 0.15) is 43.6 Å². The third-order valence-corrected chi connectivity index (χ3v) is 3.97. The standard InChI is InChI=1S/C14H17N2O3/c1-13(2)14(3,4)16(19)11(15-13)9-5-7-10(8-6-9)12(17)18/h5-8H,1-4H3,(H,17,18). The molecule has 1 N–H and O–H groups in total. The minimum absolute atomic E-state index is 0.193. The molecule has 0 aromatic heterocycles. The summed E-state index contributed by atoms with van der Waals surface area (Å²) in [6, 6.07) is 6.19. The van der Waals surface area contributed by atoms with Gasteiger partial charge in [-0.15, -0.1) is 0 Å². The van der Waals surface area contributed by atoms with Gasteiger partial charge in [-0.1, -0.05) is 17.3 Å². The van der Waals surface area contributed by atoms with Gasteiger partial charge in [0.2, 0.25) is 0 Å². The molecule has 0 saturated carbocycles. The lowest BCUT2D eigenvalue weighted by Crippen LogP contribution is -2.50. The first-order chi connectivity index (χ1) is 8.67. The van der Waals surface area contributed by atoms with Crippen LogP contribution in [0.25, 0.3) is 0 Å². The van der Waals surface area contributed by atoms with Crippen molar-refractivity contribution in [2.75, 3.05) is 0 Å². The Kier molecular flexibility index (Phi) is 2.90. The average Bonchev–Trinajstić information content (AvgIpc) is 2.49. The van der Waals surface area contributed by atoms with E-state index in [1.165, 1.54) is 12.1 Å². The number of carbonyl (C=O) groups is 1. The number of carboxylic acid groups (broad SMARTS) is 1. The number of amidine groups is 1. The molecule has 1 aromatic carbocycles. The number of aromatic carboxylic acids is 1. The summed E-state index contributed by atoms with van der Waals surface area (Å²) in [7, 11) is 0. The summed E-state index contributed by atoms with van der Waals surface area (Å²) in [5.41, 5.74) is -0.291. The zero-order valence-corrected chi connectivity index (χ0v) is 11.5. The van der Waals surface area contributed by atoms with E-state index in [0.29, 0.717) is 11.4 Å². The van der Waals surface area contributed by atoms with Crippen LogP contribution >= 0.6 is 0 Å². The van der Waals surface area contributed by atoms with Gasteiger partial charge < -0.3 is 5.11 Å². The molecular weight excluding hydrogens is 244 g/mol. The van der Waals surface area contributed by atoms with E-state index in [9.17, 15) is 10.0 Å². The first-order valence-corrected chi connectivity index (χ1v) is 6.08. The van der Waals surface area contributed by atoms with Gasteiger partial charge in [0, 0.05) is 5.56 Å². The number of hydroxylamine groups is 2. The molecule has 0 amide bonds. The van der Waals surface area contributed by atoms with Crippen LogP contribution in [0.15, 0.2) is 29.3 Å². The molecule has 1 heterocycles. The van der Waals surface area contributed by atoms with Crippen molar-refractivity contribution < 1.29 is 15.1 Å². The van der Waals surface area contributed by atoms with Gasteiger partial charge in [0.15, 0.2) is 5.84 Å². The second-order valence-electron chi connectivity index (χ2n) is 5.73. The van der Waals surface area contributed by atoms with Crippen LogP contribution in [0.3, 0.4) is 0 Å². The Morgan fingerprint density at radius 3 is 2.05 bits per heavy atom. The molecule has 0 bridgehead atoms. The molecule has 5 nitrogen and oxygen atoms in total. The van der Waals surface area contributed by atoms with E-state index in [4.69, 9.17) is 5.11 Å². The highest BCUT2D eigenvalue weighted by Gasteiger charge is 2.50. The van der Waals surface area contributed by atoms with Crippen LogP contribution in [-0.4, -0.2) is 33.1 Å². The first-order valence-electron chi connectivity index (χ1n) is 6.08. The van der Waals surface area contributed by atoms with Gasteiger partial charge in [-0.25, -0.2) is 4.79 Å². The molecule has 5 heteroatoms. The van der Waals surface area contributed by atoms with E-state index in [2.05, 4.69) is 4.99 Å². The fourth-order valence-electron chi connectivity index (χ4n) is 1.90. The molecule has 19 heavy (non-hydrogen) atoms. The molecule has 0 atom stereocenters. The second-order valence-corrected chi connectivity index (χ2v) is 5.73. The normalized spacial score (nSPS) is 20.3. The molecule has 0 aliphatic carbocycles. The van der Waals surface area contributed by atoms with Crippen LogP contribution < -0.4 is 0 Å². The number of benzene rings is 1. The van der Waals surface area contributed by atoms with Crippen LogP contribution in [-0.2, 0) is 5.21 Å². The van der Waals surface area contributed by atoms with Gasteiger partial charge in [0.1, 0.15) is 0 Å². The van der Waals surface area contributed by atoms with Crippen molar-refractivity contribution in [1.82, 2.24) is 5.06 Å². The summed E-state index contributed by atoms with van der Waals surface area (Å²) in [5.74, 6) is -0.633. The van der Waals surface area contributed by atoms with E-state index < -0.39 is 17.0 Å². The number of hydrogen-bond acceptors (Lipinski definition) is 3. The predicted octanol–water partition coefficient (Wildman–Crippen LogP) is 2.35. The summed E-state index contributed by atoms with van der Waals surface area (Å²) < 4.78 is 0. The summed E-state index contributed by atoms with van der Waals surface area (Å²) in [4.78, 5) is 15.3. The smallest absolute Gasteiger partial charge is 0.335 e. The largest absolute Gasteiger partial charge is 0.478 e. The highest BCUT2D eigenvalue weighted by Crippen LogP contribution is 2.38. The topological polar surface area (TPSA) is 72.8 Å². The minimum atomic E-state index is -0.987. The Hall–Kier alpha value is -1.88. The molecule has 0 fully saturated rings. The first kappa shape index (κ1) is 13.5. The molecule has 1 aliphatic rings. The van der Waals surface area contributed by atoms with Crippen molar-refractivity contribution in [3.8, 4) is 0 Å². The van der Waals surface area contributed by atoms with Gasteiger partial charge in [0.25, 0.3) is 0 Å². The highest BCUT2D eigenvalue weighted by molar-refractivity contribution is 6.01. The fourth-order valence-corrected chi connectivity index (χ4v) is 1.90. The second kappa shape index (κ2) is 4.06. The summed E-state index contributed by atoms with van der Waals surface area (Å²) in [6.45, 7) is 7.53. The van der Waals surface area contributed by atoms with Gasteiger partial charge in [-0.05, 0) is 39.8 Å². The molecule has 0 spiro atoms. The summed E-state index contributed by atoms with van der Waals surface area (Å²) in [5, 5.41) is 22.1. The lowest BCUT2D eigenvalue weighted by molar-refractivity contribution is -0.158. The third kappa shape index (κ3) is 2.00. The number of carboxylic acids is 1. The summed E-state index contributed by atoms with van der Waals surface area (Å²) >= 11 is 0. The number of hydrogen-bond donors (Lipinski definition) is 1. The Balaban J connectivity index is 2.41. The van der Waals surface area contributed by atoms with Crippen molar-refractivity contribution in [1.29, 1.82) is 0 Å². The predicted molar refractivity (Wildman–Crippen MR) is 70.6 cm³/mol.